The Hall–Kier alpha value is -1.59. The van der Waals surface area contributed by atoms with Gasteiger partial charge in [0.15, 0.2) is 0 Å². The lowest BCUT2D eigenvalue weighted by Crippen LogP contribution is -2.42. The first-order valence-corrected chi connectivity index (χ1v) is 6.01. The minimum absolute atomic E-state index is 0.0781. The molecule has 0 aromatic rings. The first-order chi connectivity index (χ1) is 8.58. The third-order valence-corrected chi connectivity index (χ3v) is 3.08. The highest BCUT2D eigenvalue weighted by Crippen LogP contribution is 2.18. The minimum Gasteiger partial charge on any atom is -0.469 e. The van der Waals surface area contributed by atoms with Crippen molar-refractivity contribution in [2.75, 3.05) is 27.3 Å². The SMILES string of the molecule is COC(=O)CCC(=O)N1CCCC(C(=O)OC)C1. The largest absolute Gasteiger partial charge is 0.469 e. The molecule has 1 aliphatic rings. The predicted molar refractivity (Wildman–Crippen MR) is 62.6 cm³/mol. The van der Waals surface area contributed by atoms with Gasteiger partial charge in [0, 0.05) is 19.5 Å². The van der Waals surface area contributed by atoms with E-state index >= 15 is 0 Å². The molecule has 0 radical (unpaired) electrons. The summed E-state index contributed by atoms with van der Waals surface area (Å²) in [7, 11) is 2.64. The van der Waals surface area contributed by atoms with Crippen LogP contribution in [-0.4, -0.2) is 50.1 Å². The highest BCUT2D eigenvalue weighted by Gasteiger charge is 2.28. The predicted octanol–water partition coefficient (Wildman–Crippen LogP) is 0.351. The first-order valence-electron chi connectivity index (χ1n) is 6.01. The zero-order valence-corrected chi connectivity index (χ0v) is 10.8. The second-order valence-corrected chi connectivity index (χ2v) is 4.28. The van der Waals surface area contributed by atoms with Crippen molar-refractivity contribution < 1.29 is 23.9 Å². The number of methoxy groups -OCH3 is 2. The molecule has 1 amide bonds. The second kappa shape index (κ2) is 6.98. The second-order valence-electron chi connectivity index (χ2n) is 4.28. The maximum Gasteiger partial charge on any atom is 0.310 e. The van der Waals surface area contributed by atoms with E-state index in [1.54, 1.807) is 4.90 Å². The smallest absolute Gasteiger partial charge is 0.310 e. The normalized spacial score (nSPS) is 19.2. The van der Waals surface area contributed by atoms with Gasteiger partial charge in [-0.3, -0.25) is 14.4 Å². The van der Waals surface area contributed by atoms with Gasteiger partial charge in [-0.1, -0.05) is 0 Å². The Bertz CT molecular complexity index is 328. The van der Waals surface area contributed by atoms with Crippen LogP contribution in [0.25, 0.3) is 0 Å². The molecule has 18 heavy (non-hydrogen) atoms. The number of carbonyl (C=O) groups is 3. The number of likely N-dealkylation sites (tertiary alicyclic amines) is 1. The van der Waals surface area contributed by atoms with Crippen LogP contribution >= 0.6 is 0 Å². The van der Waals surface area contributed by atoms with Crippen LogP contribution in [0.1, 0.15) is 25.7 Å². The molecule has 0 bridgehead atoms. The highest BCUT2D eigenvalue weighted by atomic mass is 16.5. The zero-order valence-electron chi connectivity index (χ0n) is 10.8. The lowest BCUT2D eigenvalue weighted by molar-refractivity contribution is -0.150. The summed E-state index contributed by atoms with van der Waals surface area (Å²) in [6.45, 7) is 1.01. The molecule has 0 aromatic carbocycles. The van der Waals surface area contributed by atoms with Crippen molar-refractivity contribution in [1.29, 1.82) is 0 Å². The van der Waals surface area contributed by atoms with Gasteiger partial charge >= 0.3 is 11.9 Å². The Balaban J connectivity index is 2.43. The molecule has 102 valence electrons. The van der Waals surface area contributed by atoms with E-state index in [-0.39, 0.29) is 30.6 Å². The molecule has 1 atom stereocenters. The van der Waals surface area contributed by atoms with Gasteiger partial charge in [-0.2, -0.15) is 0 Å². The number of hydrogen-bond donors (Lipinski definition) is 0. The Morgan fingerprint density at radius 3 is 2.50 bits per heavy atom. The average molecular weight is 257 g/mol. The first kappa shape index (κ1) is 14.5. The molecule has 1 unspecified atom stereocenters. The van der Waals surface area contributed by atoms with Crippen molar-refractivity contribution in [2.24, 2.45) is 5.92 Å². The van der Waals surface area contributed by atoms with E-state index < -0.39 is 5.97 Å². The third kappa shape index (κ3) is 4.01. The van der Waals surface area contributed by atoms with Crippen molar-refractivity contribution in [2.45, 2.75) is 25.7 Å². The summed E-state index contributed by atoms with van der Waals surface area (Å²) >= 11 is 0. The molecule has 6 heteroatoms. The summed E-state index contributed by atoms with van der Waals surface area (Å²) in [5.41, 5.74) is 0. The molecule has 6 nitrogen and oxygen atoms in total. The van der Waals surface area contributed by atoms with Crippen LogP contribution in [0.2, 0.25) is 0 Å². The number of hydrogen-bond acceptors (Lipinski definition) is 5. The van der Waals surface area contributed by atoms with E-state index in [0.717, 1.165) is 12.8 Å². The van der Waals surface area contributed by atoms with E-state index in [9.17, 15) is 14.4 Å². The Morgan fingerprint density at radius 2 is 1.89 bits per heavy atom. The molecule has 0 saturated carbocycles. The fourth-order valence-electron chi connectivity index (χ4n) is 2.03. The van der Waals surface area contributed by atoms with Crippen LogP contribution in [0.5, 0.6) is 0 Å². The maximum atomic E-state index is 11.8. The van der Waals surface area contributed by atoms with Crippen LogP contribution in [0, 0.1) is 5.92 Å². The monoisotopic (exact) mass is 257 g/mol. The van der Waals surface area contributed by atoms with Gasteiger partial charge in [0.1, 0.15) is 0 Å². The van der Waals surface area contributed by atoms with Gasteiger partial charge in [-0.25, -0.2) is 0 Å². The number of rotatable bonds is 4. The molecule has 1 heterocycles. The lowest BCUT2D eigenvalue weighted by Gasteiger charge is -2.31. The van der Waals surface area contributed by atoms with Crippen LogP contribution in [0.3, 0.4) is 0 Å². The lowest BCUT2D eigenvalue weighted by atomic mass is 9.98. The number of carbonyl (C=O) groups excluding carboxylic acids is 3. The maximum absolute atomic E-state index is 11.8. The molecule has 1 saturated heterocycles. The van der Waals surface area contributed by atoms with E-state index in [1.165, 1.54) is 14.2 Å². The fraction of sp³-hybridized carbons (Fsp3) is 0.750. The summed E-state index contributed by atoms with van der Waals surface area (Å²) in [5, 5.41) is 0. The molecule has 0 N–H and O–H groups in total. The summed E-state index contributed by atoms with van der Waals surface area (Å²) < 4.78 is 9.16. The average Bonchev–Trinajstić information content (AvgIpc) is 2.43. The van der Waals surface area contributed by atoms with Crippen molar-refractivity contribution in [3.05, 3.63) is 0 Å². The van der Waals surface area contributed by atoms with E-state index in [0.29, 0.717) is 13.1 Å². The minimum atomic E-state index is -0.398. The Kier molecular flexibility index (Phi) is 5.61. The zero-order chi connectivity index (χ0) is 13.5. The summed E-state index contributed by atoms with van der Waals surface area (Å²) in [6.07, 6.45) is 1.73. The van der Waals surface area contributed by atoms with E-state index in [1.807, 2.05) is 0 Å². The van der Waals surface area contributed by atoms with Crippen molar-refractivity contribution in [1.82, 2.24) is 4.90 Å². The van der Waals surface area contributed by atoms with Crippen molar-refractivity contribution in [3.63, 3.8) is 0 Å². The molecular formula is C12H19NO5. The van der Waals surface area contributed by atoms with E-state index in [4.69, 9.17) is 0 Å². The van der Waals surface area contributed by atoms with Gasteiger partial charge in [0.05, 0.1) is 26.6 Å². The quantitative estimate of drug-likeness (QED) is 0.679. The highest BCUT2D eigenvalue weighted by molar-refractivity contribution is 5.82. The Morgan fingerprint density at radius 1 is 1.17 bits per heavy atom. The molecule has 1 rings (SSSR count). The van der Waals surface area contributed by atoms with E-state index in [2.05, 4.69) is 9.47 Å². The number of piperidine rings is 1. The van der Waals surface area contributed by atoms with Gasteiger partial charge in [-0.05, 0) is 12.8 Å². The number of amides is 1. The molecule has 1 aliphatic heterocycles. The topological polar surface area (TPSA) is 72.9 Å². The summed E-state index contributed by atoms with van der Waals surface area (Å²) in [4.78, 5) is 35.8. The molecule has 0 aromatic heterocycles. The molecular weight excluding hydrogens is 238 g/mol. The number of nitrogens with zero attached hydrogens (tertiary/aromatic N) is 1. The van der Waals surface area contributed by atoms with Crippen molar-refractivity contribution >= 4 is 17.8 Å². The fourth-order valence-corrected chi connectivity index (χ4v) is 2.03. The van der Waals surface area contributed by atoms with Crippen LogP contribution < -0.4 is 0 Å². The summed E-state index contributed by atoms with van der Waals surface area (Å²) in [5.74, 6) is -1.04. The van der Waals surface area contributed by atoms with Crippen molar-refractivity contribution in [3.8, 4) is 0 Å². The number of ether oxygens (including phenoxy) is 2. The number of esters is 2. The summed E-state index contributed by atoms with van der Waals surface area (Å²) in [6, 6.07) is 0. The van der Waals surface area contributed by atoms with Crippen LogP contribution in [0.15, 0.2) is 0 Å². The third-order valence-electron chi connectivity index (χ3n) is 3.08. The van der Waals surface area contributed by atoms with Crippen LogP contribution in [-0.2, 0) is 23.9 Å². The molecule has 0 spiro atoms. The van der Waals surface area contributed by atoms with Gasteiger partial charge in [0.2, 0.25) is 5.91 Å². The Labute approximate surface area is 106 Å². The van der Waals surface area contributed by atoms with Gasteiger partial charge in [-0.15, -0.1) is 0 Å². The van der Waals surface area contributed by atoms with Crippen LogP contribution in [0.4, 0.5) is 0 Å². The van der Waals surface area contributed by atoms with Gasteiger partial charge in [0.25, 0.3) is 0 Å². The molecule has 0 aliphatic carbocycles. The molecule has 1 fully saturated rings. The standard InChI is InChI=1S/C12H19NO5/c1-17-11(15)6-5-10(14)13-7-3-4-9(8-13)12(16)18-2/h9H,3-8H2,1-2H3. The van der Waals surface area contributed by atoms with Gasteiger partial charge < -0.3 is 14.4 Å².